The Morgan fingerprint density at radius 2 is 1.21 bits per heavy atom. The van der Waals surface area contributed by atoms with Crippen LogP contribution in [-0.2, 0) is 14.3 Å². The Morgan fingerprint density at radius 3 is 1.76 bits per heavy atom. The molecule has 0 aromatic heterocycles. The summed E-state index contributed by atoms with van der Waals surface area (Å²) < 4.78 is 12.1. The third kappa shape index (κ3) is 7.37. The van der Waals surface area contributed by atoms with Crippen LogP contribution in [0.2, 0.25) is 0 Å². The van der Waals surface area contributed by atoms with Crippen molar-refractivity contribution in [2.45, 2.75) is 147 Å². The molecule has 2 heterocycles. The minimum atomic E-state index is -0.250. The van der Waals surface area contributed by atoms with E-state index in [-0.39, 0.29) is 52.2 Å². The maximum absolute atomic E-state index is 13.2. The molecule has 42 heavy (non-hydrogen) atoms. The first kappa shape index (κ1) is 31.0. The number of piperidine rings is 2. The predicted octanol–water partition coefficient (Wildman–Crippen LogP) is 7.43. The van der Waals surface area contributed by atoms with Crippen molar-refractivity contribution < 1.29 is 19.1 Å². The molecule has 0 spiro atoms. The number of hydrogen-bond donors (Lipinski definition) is 2. The van der Waals surface area contributed by atoms with E-state index >= 15 is 0 Å². The fourth-order valence-corrected chi connectivity index (χ4v) is 8.54. The number of carbonyl (C=O) groups excluding carboxylic acids is 2. The van der Waals surface area contributed by atoms with E-state index in [9.17, 15) is 9.59 Å². The lowest BCUT2D eigenvalue weighted by Crippen LogP contribution is -2.59. The van der Waals surface area contributed by atoms with Gasteiger partial charge >= 0.3 is 11.9 Å². The molecule has 3 aliphatic rings. The fourth-order valence-electron chi connectivity index (χ4n) is 8.54. The smallest absolute Gasteiger partial charge is 0.338 e. The van der Waals surface area contributed by atoms with Crippen LogP contribution in [0.5, 0.6) is 0 Å². The molecule has 2 N–H and O–H groups in total. The minimum absolute atomic E-state index is 0.0199. The van der Waals surface area contributed by atoms with Crippen LogP contribution < -0.4 is 10.6 Å². The molecule has 2 aliphatic heterocycles. The second kappa shape index (κ2) is 11.2. The van der Waals surface area contributed by atoms with Crippen molar-refractivity contribution in [3.8, 4) is 0 Å². The summed E-state index contributed by atoms with van der Waals surface area (Å²) in [7, 11) is 0. The first-order valence-corrected chi connectivity index (χ1v) is 16.0. The first-order chi connectivity index (χ1) is 19.5. The molecular formula is C36H52N2O4. The van der Waals surface area contributed by atoms with Crippen LogP contribution in [0.15, 0.2) is 36.4 Å². The van der Waals surface area contributed by atoms with Gasteiger partial charge in [-0.15, -0.1) is 0 Å². The summed E-state index contributed by atoms with van der Waals surface area (Å²) in [5.41, 5.74) is 1.66. The average Bonchev–Trinajstić information content (AvgIpc) is 2.84. The molecule has 1 aliphatic carbocycles. The molecule has 0 atom stereocenters. The van der Waals surface area contributed by atoms with Crippen LogP contribution in [0, 0.1) is 5.92 Å². The first-order valence-electron chi connectivity index (χ1n) is 16.0. The Balaban J connectivity index is 1.21. The highest BCUT2D eigenvalue weighted by Gasteiger charge is 2.41. The molecule has 0 amide bonds. The molecule has 230 valence electrons. The second-order valence-corrected chi connectivity index (χ2v) is 16.0. The summed E-state index contributed by atoms with van der Waals surface area (Å²) in [6.45, 7) is 17.4. The molecular weight excluding hydrogens is 524 g/mol. The number of hydrogen-bond acceptors (Lipinski definition) is 6. The molecule has 2 aromatic carbocycles. The van der Waals surface area contributed by atoms with Gasteiger partial charge < -0.3 is 20.1 Å². The zero-order chi connectivity index (χ0) is 30.5. The summed E-state index contributed by atoms with van der Waals surface area (Å²) in [4.78, 5) is 26.4. The van der Waals surface area contributed by atoms with E-state index < -0.39 is 0 Å². The monoisotopic (exact) mass is 576 g/mol. The Morgan fingerprint density at radius 1 is 0.690 bits per heavy atom. The highest BCUT2D eigenvalue weighted by molar-refractivity contribution is 5.96. The summed E-state index contributed by atoms with van der Waals surface area (Å²) in [5.74, 6) is 0.101. The van der Waals surface area contributed by atoms with E-state index in [0.717, 1.165) is 56.8 Å². The van der Waals surface area contributed by atoms with E-state index in [0.29, 0.717) is 11.5 Å². The summed E-state index contributed by atoms with van der Waals surface area (Å²) in [6, 6.07) is 12.4. The van der Waals surface area contributed by atoms with E-state index in [4.69, 9.17) is 9.47 Å². The lowest BCUT2D eigenvalue weighted by atomic mass is 9.77. The highest BCUT2D eigenvalue weighted by Crippen LogP contribution is 2.40. The molecule has 0 bridgehead atoms. The van der Waals surface area contributed by atoms with Gasteiger partial charge in [-0.3, -0.25) is 4.79 Å². The van der Waals surface area contributed by atoms with Crippen molar-refractivity contribution in [2.75, 3.05) is 0 Å². The molecule has 2 saturated heterocycles. The molecule has 1 saturated carbocycles. The number of ether oxygens (including phenoxy) is 2. The van der Waals surface area contributed by atoms with Crippen LogP contribution in [-0.4, -0.2) is 46.3 Å². The topological polar surface area (TPSA) is 76.7 Å². The minimum Gasteiger partial charge on any atom is -0.462 e. The van der Waals surface area contributed by atoms with Crippen LogP contribution in [0.4, 0.5) is 0 Å². The zero-order valence-corrected chi connectivity index (χ0v) is 27.1. The Bertz CT molecular complexity index is 1290. The quantitative estimate of drug-likeness (QED) is 0.361. The van der Waals surface area contributed by atoms with Gasteiger partial charge in [-0.05, 0) is 115 Å². The number of rotatable bonds is 5. The summed E-state index contributed by atoms with van der Waals surface area (Å²) in [6.07, 6.45) is 6.77. The Kier molecular flexibility index (Phi) is 8.30. The van der Waals surface area contributed by atoms with Crippen molar-refractivity contribution in [3.63, 3.8) is 0 Å². The number of carbonyl (C=O) groups is 2. The van der Waals surface area contributed by atoms with Gasteiger partial charge in [0.25, 0.3) is 0 Å². The number of benzene rings is 2. The van der Waals surface area contributed by atoms with Gasteiger partial charge in [0, 0.05) is 47.8 Å². The van der Waals surface area contributed by atoms with Crippen LogP contribution in [0.1, 0.15) is 129 Å². The van der Waals surface area contributed by atoms with Gasteiger partial charge in [0.15, 0.2) is 0 Å². The van der Waals surface area contributed by atoms with E-state index in [1.54, 1.807) is 0 Å². The molecule has 6 heteroatoms. The van der Waals surface area contributed by atoms with Crippen LogP contribution in [0.3, 0.4) is 0 Å². The third-order valence-corrected chi connectivity index (χ3v) is 9.51. The van der Waals surface area contributed by atoms with Crippen molar-refractivity contribution in [3.05, 3.63) is 47.5 Å². The second-order valence-electron chi connectivity index (χ2n) is 16.0. The van der Waals surface area contributed by atoms with E-state index in [1.807, 2.05) is 12.1 Å². The van der Waals surface area contributed by atoms with Crippen molar-refractivity contribution in [1.29, 1.82) is 0 Å². The lowest BCUT2D eigenvalue weighted by Gasteiger charge is -2.46. The van der Waals surface area contributed by atoms with Crippen molar-refractivity contribution in [2.24, 2.45) is 5.92 Å². The SMILES string of the molecule is CC1(C)CC(OC(=O)c2ccc3c(C4CCC(C(=O)OC5CC(C)(C)NC(C)(C)C5)CC4)cccc3c2)CC(C)(C)N1. The third-order valence-electron chi connectivity index (χ3n) is 9.51. The molecule has 3 fully saturated rings. The highest BCUT2D eigenvalue weighted by atomic mass is 16.5. The lowest BCUT2D eigenvalue weighted by molar-refractivity contribution is -0.159. The average molecular weight is 577 g/mol. The van der Waals surface area contributed by atoms with Crippen molar-refractivity contribution in [1.82, 2.24) is 10.6 Å². The van der Waals surface area contributed by atoms with Crippen molar-refractivity contribution >= 4 is 22.7 Å². The standard InChI is InChI=1S/C36H52N2O4/c1-33(2)19-27(20-34(3,4)37-33)41-31(39)24-14-12-23(13-15-24)29-11-9-10-25-18-26(16-17-30(25)29)32(40)42-28-21-35(5,6)38-36(7,8)22-28/h9-11,16-18,23-24,27-28,37-38H,12-15,19-22H2,1-8H3. The fraction of sp³-hybridized carbons (Fsp3) is 0.667. The predicted molar refractivity (Wildman–Crippen MR) is 169 cm³/mol. The molecule has 5 rings (SSSR count). The van der Waals surface area contributed by atoms with Gasteiger partial charge in [0.05, 0.1) is 11.5 Å². The molecule has 2 aromatic rings. The Hall–Kier alpha value is -2.44. The molecule has 0 unspecified atom stereocenters. The van der Waals surface area contributed by atoms with Gasteiger partial charge in [-0.2, -0.15) is 0 Å². The van der Waals surface area contributed by atoms with Crippen LogP contribution >= 0.6 is 0 Å². The number of fused-ring (bicyclic) bond motifs is 1. The summed E-state index contributed by atoms with van der Waals surface area (Å²) >= 11 is 0. The molecule has 6 nitrogen and oxygen atoms in total. The maximum Gasteiger partial charge on any atom is 0.338 e. The van der Waals surface area contributed by atoms with Gasteiger partial charge in [0.1, 0.15) is 12.2 Å². The number of esters is 2. The zero-order valence-electron chi connectivity index (χ0n) is 27.1. The maximum atomic E-state index is 13.2. The van der Waals surface area contributed by atoms with Gasteiger partial charge in [-0.25, -0.2) is 4.79 Å². The summed E-state index contributed by atoms with van der Waals surface area (Å²) in [5, 5.41) is 9.56. The largest absolute Gasteiger partial charge is 0.462 e. The van der Waals surface area contributed by atoms with E-state index in [2.05, 4.69) is 90.3 Å². The molecule has 0 radical (unpaired) electrons. The Labute approximate surface area is 252 Å². The normalized spacial score (nSPS) is 27.3. The van der Waals surface area contributed by atoms with Gasteiger partial charge in [0.2, 0.25) is 0 Å². The van der Waals surface area contributed by atoms with Gasteiger partial charge in [-0.1, -0.05) is 24.3 Å². The van der Waals surface area contributed by atoms with Crippen LogP contribution in [0.25, 0.3) is 10.8 Å². The van der Waals surface area contributed by atoms with E-state index in [1.165, 1.54) is 10.9 Å². The number of nitrogens with one attached hydrogen (secondary N) is 2.